The highest BCUT2D eigenvalue weighted by Crippen LogP contribution is 2.32. The summed E-state index contributed by atoms with van der Waals surface area (Å²) in [5, 5.41) is 5.38. The smallest absolute Gasteiger partial charge is 0.246 e. The Hall–Kier alpha value is -4.33. The topological polar surface area (TPSA) is 78.5 Å². The lowest BCUT2D eigenvalue weighted by atomic mass is 9.90. The highest BCUT2D eigenvalue weighted by molar-refractivity contribution is 5.93. The summed E-state index contributed by atoms with van der Waals surface area (Å²) >= 11 is 0. The van der Waals surface area contributed by atoms with Crippen molar-refractivity contribution < 1.29 is 23.2 Å². The second-order valence-electron chi connectivity index (χ2n) is 9.36. The number of likely N-dealkylation sites (N-methyl/N-ethyl adjacent to an activating group) is 1. The first-order chi connectivity index (χ1) is 18.2. The second-order valence-corrected chi connectivity index (χ2v) is 9.36. The van der Waals surface area contributed by atoms with Gasteiger partial charge in [-0.3, -0.25) is 14.4 Å². The van der Waals surface area contributed by atoms with Gasteiger partial charge in [0.1, 0.15) is 23.7 Å². The Labute approximate surface area is 220 Å². The number of amides is 3. The number of nitrogens with one attached hydrogen (secondary N) is 2. The molecule has 0 bridgehead atoms. The SMILES string of the molecule is C[C@H](NC(=O)Cc1cc(F)cc(F)c1)C(=O)N[C@@H]1C(=O)N(C)[C@@H](c2ccccc2)C=C[C@@H]1c1ccccc1. The number of rotatable bonds is 7. The van der Waals surface area contributed by atoms with Gasteiger partial charge in [-0.25, -0.2) is 8.78 Å². The molecule has 0 saturated heterocycles. The van der Waals surface area contributed by atoms with Crippen LogP contribution in [-0.4, -0.2) is 41.8 Å². The lowest BCUT2D eigenvalue weighted by Gasteiger charge is -2.30. The Balaban J connectivity index is 1.52. The highest BCUT2D eigenvalue weighted by atomic mass is 19.1. The Bertz CT molecular complexity index is 1310. The molecule has 0 radical (unpaired) electrons. The van der Waals surface area contributed by atoms with Crippen LogP contribution in [-0.2, 0) is 20.8 Å². The summed E-state index contributed by atoms with van der Waals surface area (Å²) in [5.74, 6) is -3.43. The van der Waals surface area contributed by atoms with Crippen LogP contribution < -0.4 is 10.6 Å². The van der Waals surface area contributed by atoms with Crippen LogP contribution >= 0.6 is 0 Å². The summed E-state index contributed by atoms with van der Waals surface area (Å²) in [4.78, 5) is 40.9. The minimum Gasteiger partial charge on any atom is -0.344 e. The predicted molar refractivity (Wildman–Crippen MR) is 140 cm³/mol. The van der Waals surface area contributed by atoms with Gasteiger partial charge in [0.25, 0.3) is 0 Å². The van der Waals surface area contributed by atoms with E-state index >= 15 is 0 Å². The van der Waals surface area contributed by atoms with E-state index in [1.54, 1.807) is 11.9 Å². The molecule has 196 valence electrons. The molecular formula is C30H29F2N3O3. The van der Waals surface area contributed by atoms with Crippen molar-refractivity contribution in [3.8, 4) is 0 Å². The van der Waals surface area contributed by atoms with Gasteiger partial charge in [0.2, 0.25) is 17.7 Å². The molecule has 38 heavy (non-hydrogen) atoms. The molecule has 4 rings (SSSR count). The minimum atomic E-state index is -0.993. The van der Waals surface area contributed by atoms with Crippen LogP contribution in [0.5, 0.6) is 0 Å². The summed E-state index contributed by atoms with van der Waals surface area (Å²) in [6.45, 7) is 1.49. The molecule has 3 aromatic rings. The summed E-state index contributed by atoms with van der Waals surface area (Å²) in [6, 6.07) is 19.6. The van der Waals surface area contributed by atoms with Crippen LogP contribution in [0.4, 0.5) is 8.78 Å². The number of carbonyl (C=O) groups is 3. The Morgan fingerprint density at radius 3 is 2.08 bits per heavy atom. The van der Waals surface area contributed by atoms with Crippen LogP contribution in [0.25, 0.3) is 0 Å². The van der Waals surface area contributed by atoms with Gasteiger partial charge in [0.15, 0.2) is 0 Å². The number of benzene rings is 3. The molecule has 0 fully saturated rings. The molecule has 1 heterocycles. The van der Waals surface area contributed by atoms with E-state index in [0.29, 0.717) is 0 Å². The molecule has 0 unspecified atom stereocenters. The van der Waals surface area contributed by atoms with Crippen molar-refractivity contribution in [3.63, 3.8) is 0 Å². The lowest BCUT2D eigenvalue weighted by molar-refractivity contribution is -0.137. The van der Waals surface area contributed by atoms with Gasteiger partial charge in [0.05, 0.1) is 12.5 Å². The zero-order valence-corrected chi connectivity index (χ0v) is 21.1. The fourth-order valence-corrected chi connectivity index (χ4v) is 4.63. The van der Waals surface area contributed by atoms with E-state index < -0.39 is 41.5 Å². The third-order valence-electron chi connectivity index (χ3n) is 6.57. The van der Waals surface area contributed by atoms with E-state index in [1.807, 2.05) is 72.8 Å². The predicted octanol–water partition coefficient (Wildman–Crippen LogP) is 4.05. The van der Waals surface area contributed by atoms with Gasteiger partial charge in [-0.2, -0.15) is 0 Å². The molecule has 2 N–H and O–H groups in total. The minimum absolute atomic E-state index is 0.148. The van der Waals surface area contributed by atoms with Crippen LogP contribution in [0.15, 0.2) is 91.0 Å². The molecule has 1 aliphatic rings. The Morgan fingerprint density at radius 1 is 0.895 bits per heavy atom. The largest absolute Gasteiger partial charge is 0.344 e. The number of hydrogen-bond donors (Lipinski definition) is 2. The third kappa shape index (κ3) is 6.32. The monoisotopic (exact) mass is 517 g/mol. The summed E-state index contributed by atoms with van der Waals surface area (Å²) < 4.78 is 26.9. The Morgan fingerprint density at radius 2 is 1.47 bits per heavy atom. The molecule has 0 spiro atoms. The molecule has 3 amide bonds. The summed E-state index contributed by atoms with van der Waals surface area (Å²) in [7, 11) is 1.69. The third-order valence-corrected chi connectivity index (χ3v) is 6.57. The number of halogens is 2. The molecule has 0 saturated carbocycles. The quantitative estimate of drug-likeness (QED) is 0.464. The van der Waals surface area contributed by atoms with Crippen molar-refractivity contribution in [1.82, 2.24) is 15.5 Å². The molecule has 4 atom stereocenters. The average molecular weight is 518 g/mol. The van der Waals surface area contributed by atoms with Gasteiger partial charge in [-0.1, -0.05) is 72.8 Å². The van der Waals surface area contributed by atoms with E-state index in [-0.39, 0.29) is 23.9 Å². The number of nitrogens with zero attached hydrogens (tertiary/aromatic N) is 1. The van der Waals surface area contributed by atoms with Gasteiger partial charge < -0.3 is 15.5 Å². The fourth-order valence-electron chi connectivity index (χ4n) is 4.63. The maximum Gasteiger partial charge on any atom is 0.246 e. The van der Waals surface area contributed by atoms with Crippen molar-refractivity contribution in [2.45, 2.75) is 37.4 Å². The van der Waals surface area contributed by atoms with Crippen LogP contribution in [0, 0.1) is 11.6 Å². The van der Waals surface area contributed by atoms with Crippen molar-refractivity contribution in [2.24, 2.45) is 0 Å². The molecule has 8 heteroatoms. The van der Waals surface area contributed by atoms with Crippen molar-refractivity contribution >= 4 is 17.7 Å². The fraction of sp³-hybridized carbons (Fsp3) is 0.233. The maximum absolute atomic E-state index is 13.7. The van der Waals surface area contributed by atoms with Crippen molar-refractivity contribution in [3.05, 3.63) is 119 Å². The first-order valence-corrected chi connectivity index (χ1v) is 12.3. The van der Waals surface area contributed by atoms with Crippen molar-refractivity contribution in [1.29, 1.82) is 0 Å². The normalized spacial score (nSPS) is 19.9. The maximum atomic E-state index is 13.7. The molecule has 6 nitrogen and oxygen atoms in total. The highest BCUT2D eigenvalue weighted by Gasteiger charge is 2.37. The number of hydrogen-bond acceptors (Lipinski definition) is 3. The molecule has 0 aliphatic carbocycles. The van der Waals surface area contributed by atoms with E-state index in [0.717, 1.165) is 29.3 Å². The Kier molecular flexibility index (Phi) is 8.31. The second kappa shape index (κ2) is 11.8. The lowest BCUT2D eigenvalue weighted by Crippen LogP contribution is -2.54. The van der Waals surface area contributed by atoms with Crippen molar-refractivity contribution in [2.75, 3.05) is 7.05 Å². The zero-order valence-electron chi connectivity index (χ0n) is 21.1. The molecule has 1 aliphatic heterocycles. The first kappa shape index (κ1) is 26.7. The van der Waals surface area contributed by atoms with Gasteiger partial charge >= 0.3 is 0 Å². The van der Waals surface area contributed by atoms with E-state index in [2.05, 4.69) is 10.6 Å². The summed E-state index contributed by atoms with van der Waals surface area (Å²) in [5.41, 5.74) is 1.94. The molecule has 3 aromatic carbocycles. The average Bonchev–Trinajstić information content (AvgIpc) is 3.01. The zero-order chi connectivity index (χ0) is 27.2. The van der Waals surface area contributed by atoms with E-state index in [4.69, 9.17) is 0 Å². The van der Waals surface area contributed by atoms with Gasteiger partial charge in [-0.15, -0.1) is 0 Å². The summed E-state index contributed by atoms with van der Waals surface area (Å²) in [6.07, 6.45) is 3.59. The van der Waals surface area contributed by atoms with E-state index in [9.17, 15) is 23.2 Å². The molecule has 0 aromatic heterocycles. The first-order valence-electron chi connectivity index (χ1n) is 12.3. The molecular weight excluding hydrogens is 488 g/mol. The van der Waals surface area contributed by atoms with E-state index in [1.165, 1.54) is 6.92 Å². The van der Waals surface area contributed by atoms with Crippen LogP contribution in [0.1, 0.15) is 35.6 Å². The van der Waals surface area contributed by atoms with Crippen LogP contribution in [0.2, 0.25) is 0 Å². The van der Waals surface area contributed by atoms with Crippen LogP contribution in [0.3, 0.4) is 0 Å². The van der Waals surface area contributed by atoms with Gasteiger partial charge in [-0.05, 0) is 35.7 Å². The standard InChI is InChI=1S/C30H29F2N3O3/c1-19(33-27(36)17-20-15-23(31)18-24(32)16-20)29(37)34-28-25(21-9-5-3-6-10-21)13-14-26(35(2)30(28)38)22-11-7-4-8-12-22/h3-16,18-19,25-26,28H,17H2,1-2H3,(H,33,36)(H,34,37)/t19-,25+,26+,28-/m0/s1. The number of carbonyl (C=O) groups excluding carboxylic acids is 3. The van der Waals surface area contributed by atoms with Gasteiger partial charge in [0, 0.05) is 19.0 Å².